The van der Waals surface area contributed by atoms with Gasteiger partial charge in [0.1, 0.15) is 0 Å². The molecule has 0 radical (unpaired) electrons. The first-order valence-corrected chi connectivity index (χ1v) is 7.82. The van der Waals surface area contributed by atoms with Gasteiger partial charge in [0.25, 0.3) is 0 Å². The summed E-state index contributed by atoms with van der Waals surface area (Å²) >= 11 is 0. The second kappa shape index (κ2) is 6.78. The smallest absolute Gasteiger partial charge is 0.229 e. The van der Waals surface area contributed by atoms with Crippen LogP contribution in [0.1, 0.15) is 44.7 Å². The molecule has 2 rings (SSSR count). The van der Waals surface area contributed by atoms with Crippen LogP contribution in [0.4, 0.5) is 5.69 Å². The summed E-state index contributed by atoms with van der Waals surface area (Å²) in [4.78, 5) is 12.3. The standard InChI is InChI=1S/C20H25NO/c1-15(14-16-10-6-5-7-11-16)17-12-8-9-13-18(17)21-19(22)20(2,3)4/h5-13,15H,14H2,1-4H3,(H,21,22)/t15-/m0/s1. The zero-order valence-electron chi connectivity index (χ0n) is 13.9. The molecule has 0 bridgehead atoms. The monoisotopic (exact) mass is 295 g/mol. The van der Waals surface area contributed by atoms with Gasteiger partial charge >= 0.3 is 0 Å². The molecule has 1 amide bonds. The van der Waals surface area contributed by atoms with Crippen molar-refractivity contribution in [3.63, 3.8) is 0 Å². The quantitative estimate of drug-likeness (QED) is 0.843. The number of hydrogen-bond donors (Lipinski definition) is 1. The van der Waals surface area contributed by atoms with Crippen molar-refractivity contribution >= 4 is 11.6 Å². The molecular formula is C20H25NO. The minimum absolute atomic E-state index is 0.0480. The third-order valence-electron chi connectivity index (χ3n) is 3.81. The van der Waals surface area contributed by atoms with Gasteiger partial charge in [0.15, 0.2) is 0 Å². The number of carbonyl (C=O) groups excluding carboxylic acids is 1. The number of amides is 1. The summed E-state index contributed by atoms with van der Waals surface area (Å²) in [6, 6.07) is 18.5. The number of hydrogen-bond acceptors (Lipinski definition) is 1. The summed E-state index contributed by atoms with van der Waals surface area (Å²) in [6.45, 7) is 7.99. The van der Waals surface area contributed by atoms with Crippen LogP contribution in [-0.2, 0) is 11.2 Å². The zero-order chi connectivity index (χ0) is 16.2. The third kappa shape index (κ3) is 4.20. The SMILES string of the molecule is C[C@@H](Cc1ccccc1)c1ccccc1NC(=O)C(C)(C)C. The van der Waals surface area contributed by atoms with E-state index >= 15 is 0 Å². The van der Waals surface area contributed by atoms with Gasteiger partial charge in [0, 0.05) is 11.1 Å². The Kier molecular flexibility index (Phi) is 5.02. The minimum Gasteiger partial charge on any atom is -0.325 e. The fourth-order valence-electron chi connectivity index (χ4n) is 2.43. The first-order chi connectivity index (χ1) is 10.4. The molecule has 0 saturated carbocycles. The summed E-state index contributed by atoms with van der Waals surface area (Å²) in [5.41, 5.74) is 3.03. The van der Waals surface area contributed by atoms with E-state index in [1.165, 1.54) is 11.1 Å². The second-order valence-corrected chi connectivity index (χ2v) is 6.88. The molecule has 0 saturated heterocycles. The van der Waals surface area contributed by atoms with E-state index in [0.717, 1.165) is 12.1 Å². The predicted molar refractivity (Wildman–Crippen MR) is 93.1 cm³/mol. The third-order valence-corrected chi connectivity index (χ3v) is 3.81. The fraction of sp³-hybridized carbons (Fsp3) is 0.350. The van der Waals surface area contributed by atoms with E-state index in [9.17, 15) is 4.79 Å². The number of nitrogens with one attached hydrogen (secondary N) is 1. The van der Waals surface area contributed by atoms with Crippen molar-refractivity contribution in [1.29, 1.82) is 0 Å². The lowest BCUT2D eigenvalue weighted by molar-refractivity contribution is -0.123. The summed E-state index contributed by atoms with van der Waals surface area (Å²) in [5, 5.41) is 3.08. The molecule has 0 aliphatic carbocycles. The van der Waals surface area contributed by atoms with Gasteiger partial charge < -0.3 is 5.32 Å². The Balaban J connectivity index is 2.19. The van der Waals surface area contributed by atoms with E-state index in [1.54, 1.807) is 0 Å². The van der Waals surface area contributed by atoms with Crippen LogP contribution in [0.2, 0.25) is 0 Å². The van der Waals surface area contributed by atoms with Crippen LogP contribution in [0.25, 0.3) is 0 Å². The number of rotatable bonds is 4. The van der Waals surface area contributed by atoms with E-state index in [2.05, 4.69) is 42.6 Å². The normalized spacial score (nSPS) is 12.7. The van der Waals surface area contributed by atoms with Crippen molar-refractivity contribution in [1.82, 2.24) is 0 Å². The van der Waals surface area contributed by atoms with Gasteiger partial charge in [0.05, 0.1) is 0 Å². The molecule has 2 aromatic carbocycles. The van der Waals surface area contributed by atoms with Crippen LogP contribution < -0.4 is 5.32 Å². The van der Waals surface area contributed by atoms with Crippen molar-refractivity contribution < 1.29 is 4.79 Å². The molecule has 0 fully saturated rings. The molecule has 2 aromatic rings. The molecule has 0 aliphatic heterocycles. The van der Waals surface area contributed by atoms with Crippen LogP contribution in [0.5, 0.6) is 0 Å². The maximum absolute atomic E-state index is 12.3. The van der Waals surface area contributed by atoms with Crippen LogP contribution in [0, 0.1) is 5.41 Å². The highest BCUT2D eigenvalue weighted by molar-refractivity contribution is 5.95. The Labute approximate surface area is 133 Å². The summed E-state index contributed by atoms with van der Waals surface area (Å²) in [5.74, 6) is 0.394. The molecule has 0 aromatic heterocycles. The summed E-state index contributed by atoms with van der Waals surface area (Å²) in [7, 11) is 0. The first kappa shape index (κ1) is 16.3. The highest BCUT2D eigenvalue weighted by atomic mass is 16.2. The van der Waals surface area contributed by atoms with Gasteiger partial charge in [-0.3, -0.25) is 4.79 Å². The number of anilines is 1. The van der Waals surface area contributed by atoms with Gasteiger partial charge in [-0.05, 0) is 29.5 Å². The minimum atomic E-state index is -0.393. The van der Waals surface area contributed by atoms with E-state index in [-0.39, 0.29) is 5.91 Å². The Morgan fingerprint density at radius 1 is 1.00 bits per heavy atom. The van der Waals surface area contributed by atoms with Gasteiger partial charge in [-0.25, -0.2) is 0 Å². The molecule has 1 atom stereocenters. The van der Waals surface area contributed by atoms with Crippen molar-refractivity contribution in [3.05, 3.63) is 65.7 Å². The van der Waals surface area contributed by atoms with Gasteiger partial charge in [0.2, 0.25) is 5.91 Å². The molecule has 2 nitrogen and oxygen atoms in total. The van der Waals surface area contributed by atoms with E-state index in [0.29, 0.717) is 5.92 Å². The highest BCUT2D eigenvalue weighted by Crippen LogP contribution is 2.28. The van der Waals surface area contributed by atoms with Crippen molar-refractivity contribution in [2.75, 3.05) is 5.32 Å². The van der Waals surface area contributed by atoms with Crippen LogP contribution in [0.3, 0.4) is 0 Å². The number of carbonyl (C=O) groups is 1. The van der Waals surface area contributed by atoms with Crippen molar-refractivity contribution in [2.45, 2.75) is 40.0 Å². The van der Waals surface area contributed by atoms with Gasteiger partial charge in [-0.2, -0.15) is 0 Å². The Hall–Kier alpha value is -2.09. The number of para-hydroxylation sites is 1. The van der Waals surface area contributed by atoms with E-state index in [4.69, 9.17) is 0 Å². The van der Waals surface area contributed by atoms with E-state index in [1.807, 2.05) is 45.0 Å². The van der Waals surface area contributed by atoms with Crippen LogP contribution in [-0.4, -0.2) is 5.91 Å². The molecule has 0 unspecified atom stereocenters. The predicted octanol–water partition coefficient (Wildman–Crippen LogP) is 5.02. The average molecular weight is 295 g/mol. The second-order valence-electron chi connectivity index (χ2n) is 6.88. The lowest BCUT2D eigenvalue weighted by Gasteiger charge is -2.21. The number of benzene rings is 2. The first-order valence-electron chi connectivity index (χ1n) is 7.82. The molecular weight excluding hydrogens is 270 g/mol. The van der Waals surface area contributed by atoms with Crippen LogP contribution >= 0.6 is 0 Å². The highest BCUT2D eigenvalue weighted by Gasteiger charge is 2.22. The fourth-order valence-corrected chi connectivity index (χ4v) is 2.43. The van der Waals surface area contributed by atoms with Crippen LogP contribution in [0.15, 0.2) is 54.6 Å². The molecule has 0 aliphatic rings. The Morgan fingerprint density at radius 3 is 2.23 bits per heavy atom. The van der Waals surface area contributed by atoms with Gasteiger partial charge in [-0.15, -0.1) is 0 Å². The largest absolute Gasteiger partial charge is 0.325 e. The zero-order valence-corrected chi connectivity index (χ0v) is 13.9. The maximum atomic E-state index is 12.3. The van der Waals surface area contributed by atoms with Gasteiger partial charge in [-0.1, -0.05) is 76.2 Å². The summed E-state index contributed by atoms with van der Waals surface area (Å²) < 4.78 is 0. The lowest BCUT2D eigenvalue weighted by atomic mass is 9.91. The molecule has 22 heavy (non-hydrogen) atoms. The molecule has 0 spiro atoms. The molecule has 0 heterocycles. The average Bonchev–Trinajstić information content (AvgIpc) is 2.47. The maximum Gasteiger partial charge on any atom is 0.229 e. The van der Waals surface area contributed by atoms with E-state index < -0.39 is 5.41 Å². The topological polar surface area (TPSA) is 29.1 Å². The molecule has 1 N–H and O–H groups in total. The van der Waals surface area contributed by atoms with Crippen molar-refractivity contribution in [2.24, 2.45) is 5.41 Å². The molecule has 2 heteroatoms. The molecule has 116 valence electrons. The Bertz CT molecular complexity index is 626. The van der Waals surface area contributed by atoms with Crippen molar-refractivity contribution in [3.8, 4) is 0 Å². The lowest BCUT2D eigenvalue weighted by Crippen LogP contribution is -2.28. The summed E-state index contributed by atoms with van der Waals surface area (Å²) in [6.07, 6.45) is 0.962. The Morgan fingerprint density at radius 2 is 1.59 bits per heavy atom.